The molecule has 1 rings (SSSR count). The third-order valence-electron chi connectivity index (χ3n) is 2.99. The predicted octanol–water partition coefficient (Wildman–Crippen LogP) is 2.50. The molecule has 1 nitrogen and oxygen atoms in total. The van der Waals surface area contributed by atoms with Crippen LogP contribution in [-0.2, 0) is 0 Å². The Morgan fingerprint density at radius 2 is 1.83 bits per heavy atom. The van der Waals surface area contributed by atoms with Crippen LogP contribution in [0.4, 0.5) is 4.39 Å². The van der Waals surface area contributed by atoms with E-state index < -0.39 is 6.17 Å². The van der Waals surface area contributed by atoms with E-state index in [0.29, 0.717) is 12.3 Å². The molecule has 0 saturated heterocycles. The number of hydrogen-bond donors (Lipinski definition) is 1. The van der Waals surface area contributed by atoms with Crippen molar-refractivity contribution in [2.24, 2.45) is 17.1 Å². The summed E-state index contributed by atoms with van der Waals surface area (Å²) >= 11 is 0. The van der Waals surface area contributed by atoms with Crippen LogP contribution in [0.2, 0.25) is 0 Å². The van der Waals surface area contributed by atoms with Crippen LogP contribution >= 0.6 is 0 Å². The highest BCUT2D eigenvalue weighted by molar-refractivity contribution is 4.90. The van der Waals surface area contributed by atoms with Crippen LogP contribution in [0, 0.1) is 11.3 Å². The summed E-state index contributed by atoms with van der Waals surface area (Å²) in [7, 11) is 0. The molecule has 1 saturated carbocycles. The highest BCUT2D eigenvalue weighted by Crippen LogP contribution is 2.37. The topological polar surface area (TPSA) is 26.0 Å². The van der Waals surface area contributed by atoms with Crippen molar-refractivity contribution in [3.8, 4) is 0 Å². The molecule has 0 aromatic carbocycles. The molecule has 0 heterocycles. The van der Waals surface area contributed by atoms with Gasteiger partial charge in [0.05, 0.1) is 0 Å². The Hall–Kier alpha value is -0.110. The van der Waals surface area contributed by atoms with Gasteiger partial charge in [0.25, 0.3) is 0 Å². The maximum atomic E-state index is 13.2. The van der Waals surface area contributed by atoms with E-state index in [-0.39, 0.29) is 11.5 Å². The number of rotatable bonds is 0. The maximum absolute atomic E-state index is 13.2. The Bertz CT molecular complexity index is 150. The van der Waals surface area contributed by atoms with E-state index in [2.05, 4.69) is 20.8 Å². The lowest BCUT2D eigenvalue weighted by Gasteiger charge is -2.40. The standard InChI is InChI=1S/C10H20FN/c1-10(2,3)7-5-4-6-8(11)9(7)12/h7-9H,4-6,12H2,1-3H3/t7-,8-,9-/m1/s1. The van der Waals surface area contributed by atoms with Crippen molar-refractivity contribution >= 4 is 0 Å². The average molecular weight is 173 g/mol. The third-order valence-corrected chi connectivity index (χ3v) is 2.99. The molecular weight excluding hydrogens is 153 g/mol. The predicted molar refractivity (Wildman–Crippen MR) is 49.7 cm³/mol. The van der Waals surface area contributed by atoms with Crippen molar-refractivity contribution in [2.45, 2.75) is 52.2 Å². The van der Waals surface area contributed by atoms with Crippen molar-refractivity contribution in [3.05, 3.63) is 0 Å². The minimum Gasteiger partial charge on any atom is -0.325 e. The minimum absolute atomic E-state index is 0.157. The molecule has 1 aliphatic carbocycles. The van der Waals surface area contributed by atoms with E-state index in [4.69, 9.17) is 5.73 Å². The van der Waals surface area contributed by atoms with E-state index in [9.17, 15) is 4.39 Å². The fourth-order valence-corrected chi connectivity index (χ4v) is 2.18. The second kappa shape index (κ2) is 3.33. The smallest absolute Gasteiger partial charge is 0.115 e. The molecule has 0 aromatic rings. The molecule has 1 fully saturated rings. The zero-order valence-corrected chi connectivity index (χ0v) is 8.31. The van der Waals surface area contributed by atoms with Gasteiger partial charge in [-0.25, -0.2) is 4.39 Å². The molecule has 0 amide bonds. The molecule has 0 bridgehead atoms. The highest BCUT2D eigenvalue weighted by atomic mass is 19.1. The van der Waals surface area contributed by atoms with Crippen molar-refractivity contribution in [3.63, 3.8) is 0 Å². The Morgan fingerprint density at radius 3 is 2.25 bits per heavy atom. The number of nitrogens with two attached hydrogens (primary N) is 1. The SMILES string of the molecule is CC(C)(C)[C@@H]1CCC[C@@H](F)[C@@H]1N. The van der Waals surface area contributed by atoms with E-state index in [1.54, 1.807) is 0 Å². The molecule has 0 aliphatic heterocycles. The van der Waals surface area contributed by atoms with Crippen molar-refractivity contribution in [1.82, 2.24) is 0 Å². The lowest BCUT2D eigenvalue weighted by molar-refractivity contribution is 0.0871. The van der Waals surface area contributed by atoms with Gasteiger partial charge >= 0.3 is 0 Å². The molecular formula is C10H20FN. The van der Waals surface area contributed by atoms with Crippen molar-refractivity contribution in [1.29, 1.82) is 0 Å². The summed E-state index contributed by atoms with van der Waals surface area (Å²) in [5.74, 6) is 0.348. The molecule has 2 heteroatoms. The molecule has 3 atom stereocenters. The second-order valence-electron chi connectivity index (χ2n) is 5.00. The van der Waals surface area contributed by atoms with Gasteiger partial charge in [0.1, 0.15) is 6.17 Å². The first-order chi connectivity index (χ1) is 5.43. The van der Waals surface area contributed by atoms with Gasteiger partial charge in [-0.15, -0.1) is 0 Å². The van der Waals surface area contributed by atoms with E-state index in [0.717, 1.165) is 12.8 Å². The average Bonchev–Trinajstić information content (AvgIpc) is 1.92. The Balaban J connectivity index is 2.64. The highest BCUT2D eigenvalue weighted by Gasteiger charge is 2.37. The monoisotopic (exact) mass is 173 g/mol. The summed E-state index contributed by atoms with van der Waals surface area (Å²) in [4.78, 5) is 0. The summed E-state index contributed by atoms with van der Waals surface area (Å²) in [6, 6.07) is -0.237. The van der Waals surface area contributed by atoms with Gasteiger partial charge in [-0.3, -0.25) is 0 Å². The quantitative estimate of drug-likeness (QED) is 0.598. The summed E-state index contributed by atoms with van der Waals surface area (Å²) in [6.45, 7) is 6.45. The molecule has 72 valence electrons. The molecule has 12 heavy (non-hydrogen) atoms. The summed E-state index contributed by atoms with van der Waals surface area (Å²) < 4.78 is 13.2. The largest absolute Gasteiger partial charge is 0.325 e. The zero-order valence-electron chi connectivity index (χ0n) is 8.31. The Labute approximate surface area is 74.5 Å². The van der Waals surface area contributed by atoms with Gasteiger partial charge in [0, 0.05) is 6.04 Å². The Kier molecular flexibility index (Phi) is 2.77. The first-order valence-electron chi connectivity index (χ1n) is 4.82. The van der Waals surface area contributed by atoms with Gasteiger partial charge in [-0.1, -0.05) is 27.2 Å². The summed E-state index contributed by atoms with van der Waals surface area (Å²) in [5.41, 5.74) is 5.99. The minimum atomic E-state index is -0.775. The summed E-state index contributed by atoms with van der Waals surface area (Å²) in [5, 5.41) is 0. The molecule has 0 aromatic heterocycles. The second-order valence-corrected chi connectivity index (χ2v) is 5.00. The lowest BCUT2D eigenvalue weighted by atomic mass is 9.69. The van der Waals surface area contributed by atoms with Gasteiger partial charge in [0.15, 0.2) is 0 Å². The van der Waals surface area contributed by atoms with Gasteiger partial charge < -0.3 is 5.73 Å². The lowest BCUT2D eigenvalue weighted by Crippen LogP contribution is -2.47. The normalized spacial score (nSPS) is 38.2. The van der Waals surface area contributed by atoms with E-state index in [1.165, 1.54) is 0 Å². The molecule has 0 spiro atoms. The van der Waals surface area contributed by atoms with Crippen LogP contribution in [0.3, 0.4) is 0 Å². The Morgan fingerprint density at radius 1 is 1.25 bits per heavy atom. The maximum Gasteiger partial charge on any atom is 0.115 e. The zero-order chi connectivity index (χ0) is 9.35. The fraction of sp³-hybridized carbons (Fsp3) is 1.00. The van der Waals surface area contributed by atoms with Crippen LogP contribution in [0.25, 0.3) is 0 Å². The van der Waals surface area contributed by atoms with Crippen LogP contribution < -0.4 is 5.73 Å². The fourth-order valence-electron chi connectivity index (χ4n) is 2.18. The first kappa shape index (κ1) is 9.97. The number of hydrogen-bond acceptors (Lipinski definition) is 1. The van der Waals surface area contributed by atoms with Crippen molar-refractivity contribution in [2.75, 3.05) is 0 Å². The van der Waals surface area contributed by atoms with Gasteiger partial charge in [0.2, 0.25) is 0 Å². The van der Waals surface area contributed by atoms with E-state index >= 15 is 0 Å². The third kappa shape index (κ3) is 1.98. The van der Waals surface area contributed by atoms with Crippen LogP contribution in [0.15, 0.2) is 0 Å². The summed E-state index contributed by atoms with van der Waals surface area (Å²) in [6.07, 6.45) is 1.97. The van der Waals surface area contributed by atoms with Gasteiger partial charge in [-0.2, -0.15) is 0 Å². The number of alkyl halides is 1. The van der Waals surface area contributed by atoms with E-state index in [1.807, 2.05) is 0 Å². The molecule has 0 radical (unpaired) electrons. The van der Waals surface area contributed by atoms with Crippen LogP contribution in [0.1, 0.15) is 40.0 Å². The number of halogens is 1. The molecule has 2 N–H and O–H groups in total. The van der Waals surface area contributed by atoms with Crippen molar-refractivity contribution < 1.29 is 4.39 Å². The molecule has 0 unspecified atom stereocenters. The first-order valence-corrected chi connectivity index (χ1v) is 4.82. The van der Waals surface area contributed by atoms with Gasteiger partial charge in [-0.05, 0) is 24.2 Å². The van der Waals surface area contributed by atoms with Crippen LogP contribution in [-0.4, -0.2) is 12.2 Å². The van der Waals surface area contributed by atoms with Crippen LogP contribution in [0.5, 0.6) is 0 Å². The molecule has 1 aliphatic rings.